The molecule has 202 valence electrons. The van der Waals surface area contributed by atoms with Gasteiger partial charge in [-0.3, -0.25) is 19.3 Å². The third-order valence-corrected chi connectivity index (χ3v) is 6.56. The molecule has 1 aliphatic heterocycles. The molecule has 0 bridgehead atoms. The molecule has 0 spiro atoms. The first kappa shape index (κ1) is 26.4. The number of hydrogen-bond donors (Lipinski definition) is 0. The van der Waals surface area contributed by atoms with E-state index in [1.165, 1.54) is 28.4 Å². The Bertz CT molecular complexity index is 1610. The zero-order valence-corrected chi connectivity index (χ0v) is 22.5. The van der Waals surface area contributed by atoms with Crippen molar-refractivity contribution in [2.24, 2.45) is 0 Å². The highest BCUT2D eigenvalue weighted by Crippen LogP contribution is 2.25. The second-order valence-corrected chi connectivity index (χ2v) is 9.48. The zero-order valence-electron chi connectivity index (χ0n) is 22.5. The molecule has 5 rings (SSSR count). The van der Waals surface area contributed by atoms with Crippen LogP contribution in [0.1, 0.15) is 13.8 Å². The fraction of sp³-hybridized carbons (Fsp3) is 0.161. The lowest BCUT2D eigenvalue weighted by Crippen LogP contribution is -2.44. The summed E-state index contributed by atoms with van der Waals surface area (Å²) >= 11 is 0. The van der Waals surface area contributed by atoms with E-state index in [1.807, 2.05) is 56.3 Å². The summed E-state index contributed by atoms with van der Waals surface area (Å²) in [6.07, 6.45) is 6.03. The first-order valence-corrected chi connectivity index (χ1v) is 12.8. The predicted octanol–water partition coefficient (Wildman–Crippen LogP) is 4.67. The first-order valence-electron chi connectivity index (χ1n) is 12.8. The summed E-state index contributed by atoms with van der Waals surface area (Å²) in [7, 11) is 1.58. The summed E-state index contributed by atoms with van der Waals surface area (Å²) in [6.45, 7) is 3.54. The molecule has 4 aromatic rings. The standard InChI is InChI=1S/C31H29N5O4/c1-22(2)36(24-13-15-25(40-3)16-14-24)29(37)20-33-17-18-35(23-9-5-4-6-10-23)31(39)26(30(33)38)19-34-21-32-27-11-7-8-12-28(27)34/h4-19,21-22H,20H2,1-3H3/b26-19-. The number of carbonyl (C=O) groups excluding carboxylic acids is 3. The Labute approximate surface area is 232 Å². The summed E-state index contributed by atoms with van der Waals surface area (Å²) in [6, 6.07) is 23.4. The molecule has 0 radical (unpaired) electrons. The number of imidazole rings is 1. The van der Waals surface area contributed by atoms with E-state index in [-0.39, 0.29) is 24.1 Å². The minimum absolute atomic E-state index is 0.106. The molecule has 9 heteroatoms. The number of para-hydroxylation sites is 3. The minimum Gasteiger partial charge on any atom is -0.497 e. The summed E-state index contributed by atoms with van der Waals surface area (Å²) in [5, 5.41) is 0. The largest absolute Gasteiger partial charge is 0.497 e. The van der Waals surface area contributed by atoms with Gasteiger partial charge in [0.05, 0.1) is 24.5 Å². The summed E-state index contributed by atoms with van der Waals surface area (Å²) < 4.78 is 6.89. The number of nitrogens with zero attached hydrogens (tertiary/aromatic N) is 5. The molecule has 40 heavy (non-hydrogen) atoms. The first-order chi connectivity index (χ1) is 19.4. The van der Waals surface area contributed by atoms with Crippen molar-refractivity contribution in [3.8, 4) is 5.75 Å². The van der Waals surface area contributed by atoms with Gasteiger partial charge in [0.1, 0.15) is 17.9 Å². The van der Waals surface area contributed by atoms with E-state index in [0.717, 1.165) is 11.0 Å². The molecule has 1 aromatic heterocycles. The molecule has 0 aliphatic carbocycles. The highest BCUT2D eigenvalue weighted by atomic mass is 16.5. The van der Waals surface area contributed by atoms with Crippen LogP contribution in [0.15, 0.2) is 103 Å². The van der Waals surface area contributed by atoms with Crippen molar-refractivity contribution in [3.05, 3.63) is 103 Å². The van der Waals surface area contributed by atoms with Gasteiger partial charge in [-0.15, -0.1) is 0 Å². The summed E-state index contributed by atoms with van der Waals surface area (Å²) in [5.41, 5.74) is 2.63. The van der Waals surface area contributed by atoms with E-state index >= 15 is 0 Å². The number of benzene rings is 3. The third-order valence-electron chi connectivity index (χ3n) is 6.56. The van der Waals surface area contributed by atoms with Crippen LogP contribution in [0.4, 0.5) is 11.4 Å². The lowest BCUT2D eigenvalue weighted by Gasteiger charge is -2.29. The summed E-state index contributed by atoms with van der Waals surface area (Å²) in [4.78, 5) is 50.0. The van der Waals surface area contributed by atoms with Crippen LogP contribution < -0.4 is 14.5 Å². The number of hydrogen-bond acceptors (Lipinski definition) is 5. The number of aromatic nitrogens is 2. The number of rotatable bonds is 7. The van der Waals surface area contributed by atoms with Crippen molar-refractivity contribution in [3.63, 3.8) is 0 Å². The second kappa shape index (κ2) is 11.3. The fourth-order valence-electron chi connectivity index (χ4n) is 4.60. The topological polar surface area (TPSA) is 88.0 Å². The highest BCUT2D eigenvalue weighted by molar-refractivity contribution is 6.27. The summed E-state index contributed by atoms with van der Waals surface area (Å²) in [5.74, 6) is -0.738. The van der Waals surface area contributed by atoms with Crippen molar-refractivity contribution in [2.75, 3.05) is 23.5 Å². The van der Waals surface area contributed by atoms with Crippen LogP contribution >= 0.6 is 0 Å². The van der Waals surface area contributed by atoms with E-state index in [0.29, 0.717) is 17.1 Å². The number of ether oxygens (including phenoxy) is 1. The van der Waals surface area contributed by atoms with Gasteiger partial charge in [-0.05, 0) is 62.4 Å². The Morgan fingerprint density at radius 3 is 2.33 bits per heavy atom. The molecule has 2 heterocycles. The second-order valence-electron chi connectivity index (χ2n) is 9.48. The van der Waals surface area contributed by atoms with Crippen LogP contribution in [0.25, 0.3) is 17.2 Å². The van der Waals surface area contributed by atoms with Gasteiger partial charge in [-0.1, -0.05) is 30.3 Å². The van der Waals surface area contributed by atoms with Gasteiger partial charge in [-0.2, -0.15) is 0 Å². The fourth-order valence-corrected chi connectivity index (χ4v) is 4.60. The van der Waals surface area contributed by atoms with Gasteiger partial charge in [0.25, 0.3) is 11.8 Å². The van der Waals surface area contributed by atoms with E-state index in [2.05, 4.69) is 4.98 Å². The molecule has 0 N–H and O–H groups in total. The molecular weight excluding hydrogens is 506 g/mol. The number of carbonyl (C=O) groups is 3. The van der Waals surface area contributed by atoms with Gasteiger partial charge in [-0.25, -0.2) is 4.98 Å². The Hall–Kier alpha value is -5.18. The van der Waals surface area contributed by atoms with E-state index in [4.69, 9.17) is 4.74 Å². The molecular formula is C31H29N5O4. The number of fused-ring (bicyclic) bond motifs is 1. The number of anilines is 2. The van der Waals surface area contributed by atoms with Gasteiger partial charge in [0.2, 0.25) is 5.91 Å². The van der Waals surface area contributed by atoms with Crippen LogP contribution in [0, 0.1) is 0 Å². The SMILES string of the molecule is COc1ccc(N(C(=O)CN2C=CN(c3ccccc3)C(=O)/C(=C\n3cnc4ccccc43)C2=O)C(C)C)cc1. The van der Waals surface area contributed by atoms with Gasteiger partial charge < -0.3 is 19.1 Å². The zero-order chi connectivity index (χ0) is 28.2. The minimum atomic E-state index is -0.593. The molecule has 0 unspecified atom stereocenters. The maximum absolute atomic E-state index is 13.9. The van der Waals surface area contributed by atoms with Crippen molar-refractivity contribution in [1.82, 2.24) is 14.5 Å². The molecule has 0 fully saturated rings. The van der Waals surface area contributed by atoms with Gasteiger partial charge >= 0.3 is 0 Å². The van der Waals surface area contributed by atoms with Crippen molar-refractivity contribution in [2.45, 2.75) is 19.9 Å². The number of methoxy groups -OCH3 is 1. The van der Waals surface area contributed by atoms with E-state index in [1.54, 1.807) is 59.3 Å². The molecule has 0 saturated carbocycles. The van der Waals surface area contributed by atoms with Crippen molar-refractivity contribution < 1.29 is 19.1 Å². The van der Waals surface area contributed by atoms with Crippen molar-refractivity contribution >= 4 is 46.3 Å². The lowest BCUT2D eigenvalue weighted by molar-refractivity contribution is -0.131. The monoisotopic (exact) mass is 535 g/mol. The molecule has 9 nitrogen and oxygen atoms in total. The van der Waals surface area contributed by atoms with E-state index < -0.39 is 11.8 Å². The van der Waals surface area contributed by atoms with Crippen LogP contribution in [0.2, 0.25) is 0 Å². The van der Waals surface area contributed by atoms with Crippen LogP contribution in [-0.4, -0.2) is 51.9 Å². The highest BCUT2D eigenvalue weighted by Gasteiger charge is 2.33. The Balaban J connectivity index is 1.52. The normalized spacial score (nSPS) is 14.8. The maximum atomic E-state index is 13.9. The molecule has 1 aliphatic rings. The number of amides is 3. The van der Waals surface area contributed by atoms with Crippen LogP contribution in [0.5, 0.6) is 5.75 Å². The Morgan fingerprint density at radius 2 is 1.62 bits per heavy atom. The molecule has 0 atom stereocenters. The van der Waals surface area contributed by atoms with Gasteiger partial charge in [0.15, 0.2) is 0 Å². The van der Waals surface area contributed by atoms with E-state index in [9.17, 15) is 14.4 Å². The van der Waals surface area contributed by atoms with Crippen LogP contribution in [-0.2, 0) is 14.4 Å². The van der Waals surface area contributed by atoms with Gasteiger partial charge in [0, 0.05) is 36.0 Å². The predicted molar refractivity (Wildman–Crippen MR) is 154 cm³/mol. The molecule has 3 aromatic carbocycles. The average molecular weight is 536 g/mol. The smallest absolute Gasteiger partial charge is 0.269 e. The average Bonchev–Trinajstić information content (AvgIpc) is 3.34. The lowest BCUT2D eigenvalue weighted by atomic mass is 10.2. The maximum Gasteiger partial charge on any atom is 0.269 e. The van der Waals surface area contributed by atoms with Crippen molar-refractivity contribution in [1.29, 1.82) is 0 Å². The Kier molecular flexibility index (Phi) is 7.46. The molecule has 0 saturated heterocycles. The van der Waals surface area contributed by atoms with Crippen LogP contribution in [0.3, 0.4) is 0 Å². The molecule has 3 amide bonds. The quantitative estimate of drug-likeness (QED) is 0.253. The third kappa shape index (κ3) is 5.22. The Morgan fingerprint density at radius 1 is 0.925 bits per heavy atom.